The van der Waals surface area contributed by atoms with Crippen molar-refractivity contribution in [2.75, 3.05) is 11.1 Å². The number of amides is 1. The maximum absolute atomic E-state index is 11.8. The van der Waals surface area contributed by atoms with Crippen LogP contribution in [0.4, 0.5) is 5.13 Å². The Kier molecular flexibility index (Phi) is 5.72. The van der Waals surface area contributed by atoms with E-state index in [1.165, 1.54) is 23.1 Å². The van der Waals surface area contributed by atoms with Gasteiger partial charge >= 0.3 is 0 Å². The Morgan fingerprint density at radius 1 is 1.38 bits per heavy atom. The van der Waals surface area contributed by atoms with Crippen molar-refractivity contribution >= 4 is 34.1 Å². The van der Waals surface area contributed by atoms with Crippen LogP contribution >= 0.6 is 23.1 Å². The Labute approximate surface area is 131 Å². The van der Waals surface area contributed by atoms with Crippen LogP contribution in [0, 0.1) is 11.3 Å². The molecule has 0 radical (unpaired) electrons. The highest BCUT2D eigenvalue weighted by Gasteiger charge is 2.07. The molecule has 7 heteroatoms. The molecular formula is C14H14N4OS2. The second kappa shape index (κ2) is 7.76. The summed E-state index contributed by atoms with van der Waals surface area (Å²) >= 11 is 2.92. The van der Waals surface area contributed by atoms with E-state index < -0.39 is 0 Å². The molecule has 1 amide bonds. The van der Waals surface area contributed by atoms with E-state index in [1.807, 2.05) is 19.1 Å². The monoisotopic (exact) mass is 318 g/mol. The molecule has 0 aliphatic heterocycles. The second-order valence-corrected chi connectivity index (χ2v) is 6.25. The van der Waals surface area contributed by atoms with Gasteiger partial charge in [-0.25, -0.2) is 0 Å². The summed E-state index contributed by atoms with van der Waals surface area (Å²) in [7, 11) is 0. The molecular weight excluding hydrogens is 304 g/mol. The van der Waals surface area contributed by atoms with E-state index in [-0.39, 0.29) is 5.91 Å². The molecule has 1 heterocycles. The highest BCUT2D eigenvalue weighted by atomic mass is 32.2. The van der Waals surface area contributed by atoms with Crippen LogP contribution in [0.25, 0.3) is 0 Å². The largest absolute Gasteiger partial charge is 0.300 e. The van der Waals surface area contributed by atoms with E-state index in [9.17, 15) is 4.79 Å². The first-order chi connectivity index (χ1) is 10.2. The molecule has 108 valence electrons. The summed E-state index contributed by atoms with van der Waals surface area (Å²) in [5.74, 6) is 1.02. The summed E-state index contributed by atoms with van der Waals surface area (Å²) in [6.45, 7) is 2.00. The van der Waals surface area contributed by atoms with E-state index in [2.05, 4.69) is 21.6 Å². The molecule has 0 unspecified atom stereocenters. The molecule has 1 aromatic heterocycles. The normalized spacial score (nSPS) is 10.1. The number of aromatic nitrogens is 2. The number of aryl methyl sites for hydroxylation is 1. The molecule has 0 atom stereocenters. The lowest BCUT2D eigenvalue weighted by Crippen LogP contribution is -2.13. The first-order valence-electron chi connectivity index (χ1n) is 6.40. The standard InChI is InChI=1S/C14H14N4OS2/c1-2-13-17-18-14(21-13)16-12(19)9-20-8-11-5-3-10(7-15)4-6-11/h3-6H,2,8-9H2,1H3,(H,16,18,19). The summed E-state index contributed by atoms with van der Waals surface area (Å²) in [6.07, 6.45) is 0.820. The molecule has 0 saturated heterocycles. The van der Waals surface area contributed by atoms with Crippen LogP contribution in [0.3, 0.4) is 0 Å². The number of benzene rings is 1. The number of nitrogens with one attached hydrogen (secondary N) is 1. The van der Waals surface area contributed by atoms with Crippen LogP contribution < -0.4 is 5.32 Å². The zero-order chi connectivity index (χ0) is 15.1. The number of rotatable bonds is 6. The maximum Gasteiger partial charge on any atom is 0.236 e. The minimum Gasteiger partial charge on any atom is -0.300 e. The Balaban J connectivity index is 1.74. The molecule has 1 N–H and O–H groups in total. The van der Waals surface area contributed by atoms with Crippen LogP contribution in [0.1, 0.15) is 23.1 Å². The lowest BCUT2D eigenvalue weighted by atomic mass is 10.2. The van der Waals surface area contributed by atoms with Gasteiger partial charge in [-0.05, 0) is 24.1 Å². The molecule has 5 nitrogen and oxygen atoms in total. The SMILES string of the molecule is CCc1nnc(NC(=O)CSCc2ccc(C#N)cc2)s1. The lowest BCUT2D eigenvalue weighted by Gasteiger charge is -2.02. The molecule has 0 fully saturated rings. The molecule has 2 rings (SSSR count). The minimum atomic E-state index is -0.0764. The number of anilines is 1. The van der Waals surface area contributed by atoms with Crippen molar-refractivity contribution in [2.24, 2.45) is 0 Å². The molecule has 2 aromatic rings. The Morgan fingerprint density at radius 3 is 2.76 bits per heavy atom. The van der Waals surface area contributed by atoms with Gasteiger partial charge in [0.15, 0.2) is 0 Å². The van der Waals surface area contributed by atoms with Gasteiger partial charge in [0.1, 0.15) is 5.01 Å². The predicted octanol–water partition coefficient (Wildman–Crippen LogP) is 2.84. The third-order valence-corrected chi connectivity index (χ3v) is 4.59. The van der Waals surface area contributed by atoms with Crippen molar-refractivity contribution in [3.05, 3.63) is 40.4 Å². The molecule has 0 spiro atoms. The topological polar surface area (TPSA) is 78.7 Å². The van der Waals surface area contributed by atoms with Gasteiger partial charge in [-0.1, -0.05) is 30.4 Å². The quantitative estimate of drug-likeness (QED) is 0.886. The van der Waals surface area contributed by atoms with Crippen molar-refractivity contribution in [3.8, 4) is 6.07 Å². The maximum atomic E-state index is 11.8. The van der Waals surface area contributed by atoms with Gasteiger partial charge in [-0.15, -0.1) is 22.0 Å². The van der Waals surface area contributed by atoms with Gasteiger partial charge in [-0.2, -0.15) is 5.26 Å². The van der Waals surface area contributed by atoms with E-state index >= 15 is 0 Å². The zero-order valence-electron chi connectivity index (χ0n) is 11.5. The van der Waals surface area contributed by atoms with E-state index in [4.69, 9.17) is 5.26 Å². The fraction of sp³-hybridized carbons (Fsp3) is 0.286. The van der Waals surface area contributed by atoms with Gasteiger partial charge in [0.2, 0.25) is 11.0 Å². The van der Waals surface area contributed by atoms with Crippen LogP contribution in [-0.4, -0.2) is 21.9 Å². The number of hydrogen-bond donors (Lipinski definition) is 1. The summed E-state index contributed by atoms with van der Waals surface area (Å²) < 4.78 is 0. The summed E-state index contributed by atoms with van der Waals surface area (Å²) in [4.78, 5) is 11.8. The van der Waals surface area contributed by atoms with Crippen molar-refractivity contribution in [3.63, 3.8) is 0 Å². The van der Waals surface area contributed by atoms with Gasteiger partial charge in [-0.3, -0.25) is 10.1 Å². The van der Waals surface area contributed by atoms with E-state index in [1.54, 1.807) is 12.1 Å². The first kappa shape index (κ1) is 15.5. The van der Waals surface area contributed by atoms with Crippen molar-refractivity contribution in [2.45, 2.75) is 19.1 Å². The zero-order valence-corrected chi connectivity index (χ0v) is 13.1. The minimum absolute atomic E-state index is 0.0764. The average molecular weight is 318 g/mol. The van der Waals surface area contributed by atoms with E-state index in [0.29, 0.717) is 16.4 Å². The number of carbonyl (C=O) groups excluding carboxylic acids is 1. The summed E-state index contributed by atoms with van der Waals surface area (Å²) in [5, 5.41) is 20.8. The fourth-order valence-corrected chi connectivity index (χ4v) is 3.02. The number of hydrogen-bond acceptors (Lipinski definition) is 6. The highest BCUT2D eigenvalue weighted by Crippen LogP contribution is 2.17. The number of nitriles is 1. The van der Waals surface area contributed by atoms with Crippen molar-refractivity contribution < 1.29 is 4.79 Å². The van der Waals surface area contributed by atoms with Gasteiger partial charge in [0, 0.05) is 5.75 Å². The summed E-state index contributed by atoms with van der Waals surface area (Å²) in [5.41, 5.74) is 1.74. The fourth-order valence-electron chi connectivity index (χ4n) is 1.54. The van der Waals surface area contributed by atoms with Gasteiger partial charge in [0.25, 0.3) is 0 Å². The Bertz CT molecular complexity index is 646. The third kappa shape index (κ3) is 4.85. The van der Waals surface area contributed by atoms with Crippen LogP contribution in [0.2, 0.25) is 0 Å². The van der Waals surface area contributed by atoms with Gasteiger partial charge in [0.05, 0.1) is 17.4 Å². The molecule has 0 saturated carbocycles. The van der Waals surface area contributed by atoms with Crippen molar-refractivity contribution in [1.29, 1.82) is 5.26 Å². The Hall–Kier alpha value is -1.91. The van der Waals surface area contributed by atoms with Crippen LogP contribution in [-0.2, 0) is 17.0 Å². The predicted molar refractivity (Wildman–Crippen MR) is 85.2 cm³/mol. The smallest absolute Gasteiger partial charge is 0.236 e. The van der Waals surface area contributed by atoms with Crippen LogP contribution in [0.5, 0.6) is 0 Å². The van der Waals surface area contributed by atoms with E-state index in [0.717, 1.165) is 22.7 Å². The van der Waals surface area contributed by atoms with Crippen molar-refractivity contribution in [1.82, 2.24) is 10.2 Å². The number of nitrogens with zero attached hydrogens (tertiary/aromatic N) is 3. The third-order valence-electron chi connectivity index (χ3n) is 2.60. The molecule has 1 aromatic carbocycles. The molecule has 0 aliphatic rings. The number of thioether (sulfide) groups is 1. The lowest BCUT2D eigenvalue weighted by molar-refractivity contribution is -0.113. The second-order valence-electron chi connectivity index (χ2n) is 4.20. The first-order valence-corrected chi connectivity index (χ1v) is 8.37. The number of carbonyl (C=O) groups is 1. The Morgan fingerprint density at radius 2 is 2.14 bits per heavy atom. The molecule has 0 aliphatic carbocycles. The summed E-state index contributed by atoms with van der Waals surface area (Å²) in [6, 6.07) is 9.45. The van der Waals surface area contributed by atoms with Crippen LogP contribution in [0.15, 0.2) is 24.3 Å². The highest BCUT2D eigenvalue weighted by molar-refractivity contribution is 7.99. The molecule has 0 bridgehead atoms. The van der Waals surface area contributed by atoms with Gasteiger partial charge < -0.3 is 0 Å². The average Bonchev–Trinajstić information content (AvgIpc) is 2.95. The molecule has 21 heavy (non-hydrogen) atoms.